The molecular formula is C25H29N6O+. The highest BCUT2D eigenvalue weighted by Crippen LogP contribution is 2.41. The molecule has 7 heteroatoms. The molecule has 0 aromatic heterocycles. The largest absolute Gasteiger partial charge is 0.508 e. The Balaban J connectivity index is 1.17. The molecule has 6 rings (SSSR count). The van der Waals surface area contributed by atoms with Crippen molar-refractivity contribution in [3.63, 3.8) is 0 Å². The lowest BCUT2D eigenvalue weighted by Gasteiger charge is -2.31. The van der Waals surface area contributed by atoms with Crippen LogP contribution in [0.3, 0.4) is 0 Å². The summed E-state index contributed by atoms with van der Waals surface area (Å²) in [4.78, 5) is 4.09. The van der Waals surface area contributed by atoms with Crippen molar-refractivity contribution in [3.8, 4) is 5.75 Å². The first-order valence-electron chi connectivity index (χ1n) is 11.3. The molecule has 0 saturated carbocycles. The maximum atomic E-state index is 9.55. The average Bonchev–Trinajstić information content (AvgIpc) is 3.43. The van der Waals surface area contributed by atoms with Gasteiger partial charge in [0, 0.05) is 5.69 Å². The van der Waals surface area contributed by atoms with Gasteiger partial charge < -0.3 is 36.2 Å². The van der Waals surface area contributed by atoms with E-state index in [1.165, 1.54) is 24.3 Å². The second-order valence-corrected chi connectivity index (χ2v) is 9.01. The Morgan fingerprint density at radius 2 is 1.28 bits per heavy atom. The van der Waals surface area contributed by atoms with E-state index in [2.05, 4.69) is 69.6 Å². The standard InChI is InChI=1S/C25H28N6O/c1-30-10-12-31(13-11-30)18-5-9-21-23(15-18)29-25(27-21)17-4-8-20-22(14-17)28-24(26-20)16-2-6-19(32)7-3-16/h2-9,14-15,24-29,32H,10-13H2,1H3/p+1. The predicted octanol–water partition coefficient (Wildman–Crippen LogP) is 2.80. The summed E-state index contributed by atoms with van der Waals surface area (Å²) in [6.07, 6.45) is 0.0348. The fraction of sp³-hybridized carbons (Fsp3) is 0.280. The van der Waals surface area contributed by atoms with Crippen LogP contribution in [0, 0.1) is 0 Å². The van der Waals surface area contributed by atoms with Crippen molar-refractivity contribution in [1.82, 2.24) is 0 Å². The molecule has 2 unspecified atom stereocenters. The average molecular weight is 430 g/mol. The highest BCUT2D eigenvalue weighted by atomic mass is 16.3. The van der Waals surface area contributed by atoms with Gasteiger partial charge in [-0.15, -0.1) is 0 Å². The van der Waals surface area contributed by atoms with Crippen LogP contribution >= 0.6 is 0 Å². The maximum absolute atomic E-state index is 9.55. The Morgan fingerprint density at radius 3 is 2.00 bits per heavy atom. The number of nitrogens with one attached hydrogen (secondary N) is 5. The molecule has 3 aromatic rings. The minimum atomic E-state index is -0.00414. The smallest absolute Gasteiger partial charge is 0.123 e. The van der Waals surface area contributed by atoms with E-state index >= 15 is 0 Å². The Morgan fingerprint density at radius 1 is 0.719 bits per heavy atom. The third-order valence-electron chi connectivity index (χ3n) is 6.79. The molecule has 3 aliphatic rings. The summed E-state index contributed by atoms with van der Waals surface area (Å²) < 4.78 is 0. The van der Waals surface area contributed by atoms with Gasteiger partial charge in [-0.3, -0.25) is 0 Å². The molecule has 164 valence electrons. The van der Waals surface area contributed by atoms with Gasteiger partial charge in [-0.25, -0.2) is 0 Å². The molecule has 1 fully saturated rings. The number of benzene rings is 3. The molecule has 32 heavy (non-hydrogen) atoms. The Kier molecular flexibility index (Phi) is 4.50. The van der Waals surface area contributed by atoms with Crippen molar-refractivity contribution >= 4 is 28.4 Å². The molecule has 0 aliphatic carbocycles. The lowest BCUT2D eigenvalue weighted by molar-refractivity contribution is -0.880. The molecule has 0 amide bonds. The molecule has 3 heterocycles. The molecule has 2 atom stereocenters. The quantitative estimate of drug-likeness (QED) is 0.385. The van der Waals surface area contributed by atoms with Crippen LogP contribution in [0.5, 0.6) is 5.75 Å². The number of phenols is 1. The van der Waals surface area contributed by atoms with Gasteiger partial charge in [-0.1, -0.05) is 18.2 Å². The summed E-state index contributed by atoms with van der Waals surface area (Å²) in [5, 5.41) is 23.9. The van der Waals surface area contributed by atoms with Crippen LogP contribution in [0.2, 0.25) is 0 Å². The lowest BCUT2D eigenvalue weighted by atomic mass is 10.1. The van der Waals surface area contributed by atoms with E-state index in [0.717, 1.165) is 41.4 Å². The van der Waals surface area contributed by atoms with Crippen molar-refractivity contribution in [2.24, 2.45) is 0 Å². The number of nitrogens with zero attached hydrogens (tertiary/aromatic N) is 1. The monoisotopic (exact) mass is 429 g/mol. The van der Waals surface area contributed by atoms with Crippen molar-refractivity contribution in [2.45, 2.75) is 12.3 Å². The van der Waals surface area contributed by atoms with E-state index in [9.17, 15) is 5.11 Å². The number of hydrogen-bond acceptors (Lipinski definition) is 6. The first kappa shape index (κ1) is 19.1. The third kappa shape index (κ3) is 3.44. The molecule has 0 bridgehead atoms. The summed E-state index contributed by atoms with van der Waals surface area (Å²) in [6.45, 7) is 4.58. The Labute approximate surface area is 188 Å². The van der Waals surface area contributed by atoms with E-state index in [-0.39, 0.29) is 18.1 Å². The number of hydrogen-bond donors (Lipinski definition) is 6. The van der Waals surface area contributed by atoms with Gasteiger partial charge in [-0.05, 0) is 53.6 Å². The zero-order chi connectivity index (χ0) is 21.7. The van der Waals surface area contributed by atoms with E-state index in [1.807, 2.05) is 12.1 Å². The Hall–Kier alpha value is -3.58. The van der Waals surface area contributed by atoms with E-state index in [0.29, 0.717) is 0 Å². The highest BCUT2D eigenvalue weighted by Gasteiger charge is 2.26. The molecule has 7 nitrogen and oxygen atoms in total. The van der Waals surface area contributed by atoms with E-state index in [1.54, 1.807) is 17.0 Å². The molecule has 3 aromatic carbocycles. The number of piperazine rings is 1. The minimum Gasteiger partial charge on any atom is -0.508 e. The van der Waals surface area contributed by atoms with E-state index in [4.69, 9.17) is 0 Å². The number of rotatable bonds is 3. The highest BCUT2D eigenvalue weighted by molar-refractivity contribution is 5.81. The van der Waals surface area contributed by atoms with Gasteiger partial charge in [0.25, 0.3) is 0 Å². The summed E-state index contributed by atoms with van der Waals surface area (Å²) in [5.74, 6) is 0.279. The van der Waals surface area contributed by atoms with Gasteiger partial charge in [-0.2, -0.15) is 0 Å². The molecule has 0 radical (unpaired) electrons. The van der Waals surface area contributed by atoms with Crippen molar-refractivity contribution in [1.29, 1.82) is 0 Å². The van der Waals surface area contributed by atoms with E-state index < -0.39 is 0 Å². The SMILES string of the molecule is C[NH+]1CCN(c2ccc3c(c2)NC(c2ccc4c(c2)NC(c2ccc(O)cc2)N4)N3)CC1. The van der Waals surface area contributed by atoms with Crippen LogP contribution in [0.4, 0.5) is 28.4 Å². The lowest BCUT2D eigenvalue weighted by Crippen LogP contribution is -3.12. The maximum Gasteiger partial charge on any atom is 0.123 e. The van der Waals surface area contributed by atoms with Gasteiger partial charge in [0.15, 0.2) is 0 Å². The molecular weight excluding hydrogens is 400 g/mol. The second-order valence-electron chi connectivity index (χ2n) is 9.01. The van der Waals surface area contributed by atoms with Crippen LogP contribution in [-0.4, -0.2) is 38.3 Å². The number of likely N-dealkylation sites (N-methyl/N-ethyl adjacent to an activating group) is 1. The van der Waals surface area contributed by atoms with Crippen molar-refractivity contribution in [2.75, 3.05) is 59.4 Å². The third-order valence-corrected chi connectivity index (χ3v) is 6.79. The number of anilines is 5. The van der Waals surface area contributed by atoms with Crippen molar-refractivity contribution in [3.05, 3.63) is 71.8 Å². The minimum absolute atomic E-state index is 0.00414. The topological polar surface area (TPSA) is 76.0 Å². The predicted molar refractivity (Wildman–Crippen MR) is 130 cm³/mol. The fourth-order valence-corrected chi connectivity index (χ4v) is 4.80. The normalized spacial score (nSPS) is 21.7. The summed E-state index contributed by atoms with van der Waals surface area (Å²) in [5.41, 5.74) is 8.04. The molecule has 3 aliphatic heterocycles. The zero-order valence-electron chi connectivity index (χ0n) is 18.2. The molecule has 6 N–H and O–H groups in total. The fourth-order valence-electron chi connectivity index (χ4n) is 4.80. The summed E-state index contributed by atoms with van der Waals surface area (Å²) in [7, 11) is 2.27. The second kappa shape index (κ2) is 7.53. The number of phenolic OH excluding ortho intramolecular Hbond substituents is 1. The number of fused-ring (bicyclic) bond motifs is 2. The number of quaternary nitrogens is 1. The van der Waals surface area contributed by atoms with Crippen LogP contribution in [0.15, 0.2) is 60.7 Å². The van der Waals surface area contributed by atoms with Crippen LogP contribution in [0.25, 0.3) is 0 Å². The van der Waals surface area contributed by atoms with Crippen LogP contribution < -0.4 is 31.1 Å². The van der Waals surface area contributed by atoms with Crippen LogP contribution in [-0.2, 0) is 0 Å². The zero-order valence-corrected chi connectivity index (χ0v) is 18.2. The summed E-state index contributed by atoms with van der Waals surface area (Å²) in [6, 6.07) is 20.5. The molecule has 1 saturated heterocycles. The molecule has 0 spiro atoms. The first-order valence-corrected chi connectivity index (χ1v) is 11.3. The van der Waals surface area contributed by atoms with Gasteiger partial charge >= 0.3 is 0 Å². The Bertz CT molecular complexity index is 1140. The summed E-state index contributed by atoms with van der Waals surface area (Å²) >= 11 is 0. The number of aromatic hydroxyl groups is 1. The van der Waals surface area contributed by atoms with Gasteiger partial charge in [0.2, 0.25) is 0 Å². The van der Waals surface area contributed by atoms with Gasteiger partial charge in [0.1, 0.15) is 18.1 Å². The van der Waals surface area contributed by atoms with Crippen LogP contribution in [0.1, 0.15) is 23.5 Å². The van der Waals surface area contributed by atoms with Crippen molar-refractivity contribution < 1.29 is 10.0 Å². The first-order chi connectivity index (χ1) is 15.6. The van der Waals surface area contributed by atoms with Gasteiger partial charge in [0.05, 0.1) is 56.0 Å².